The summed E-state index contributed by atoms with van der Waals surface area (Å²) in [5.41, 5.74) is 0.546. The number of hydrogen-bond donors (Lipinski definition) is 1. The van der Waals surface area contributed by atoms with E-state index in [1.165, 1.54) is 31.2 Å². The van der Waals surface area contributed by atoms with Crippen LogP contribution < -0.4 is 9.50 Å². The Morgan fingerprint density at radius 1 is 1.10 bits per heavy atom. The molecule has 21 heavy (non-hydrogen) atoms. The molecule has 0 saturated carbocycles. The second kappa shape index (κ2) is 6.15. The van der Waals surface area contributed by atoms with Crippen molar-refractivity contribution < 1.29 is 17.4 Å². The van der Waals surface area contributed by atoms with Gasteiger partial charge in [-0.3, -0.25) is 4.79 Å². The van der Waals surface area contributed by atoms with Crippen LogP contribution in [0.15, 0.2) is 53.4 Å². The number of anilines is 1. The van der Waals surface area contributed by atoms with E-state index in [1.807, 2.05) is 0 Å². The number of carbonyl (C=O) groups is 1. The predicted molar refractivity (Wildman–Crippen MR) is 80.0 cm³/mol. The van der Waals surface area contributed by atoms with Gasteiger partial charge in [-0.1, -0.05) is 23.7 Å². The van der Waals surface area contributed by atoms with Crippen LogP contribution in [-0.4, -0.2) is 14.3 Å². The summed E-state index contributed by atoms with van der Waals surface area (Å²) in [6, 6.07) is 12.0. The Kier molecular flexibility index (Phi) is 4.50. The van der Waals surface area contributed by atoms with E-state index in [2.05, 4.69) is 5.32 Å². The molecule has 0 spiro atoms. The van der Waals surface area contributed by atoms with Crippen LogP contribution in [0.5, 0.6) is 5.75 Å². The largest absolute Gasteiger partial charge is 0.379 e. The molecule has 7 heteroatoms. The Balaban J connectivity index is 2.21. The van der Waals surface area contributed by atoms with Crippen molar-refractivity contribution >= 4 is 33.3 Å². The Hall–Kier alpha value is -2.05. The van der Waals surface area contributed by atoms with Gasteiger partial charge < -0.3 is 9.50 Å². The van der Waals surface area contributed by atoms with Crippen LogP contribution in [0.3, 0.4) is 0 Å². The minimum Gasteiger partial charge on any atom is -0.379 e. The van der Waals surface area contributed by atoms with Crippen molar-refractivity contribution in [2.45, 2.75) is 11.8 Å². The van der Waals surface area contributed by atoms with Crippen LogP contribution in [0.4, 0.5) is 5.69 Å². The molecule has 1 N–H and O–H groups in total. The van der Waals surface area contributed by atoms with E-state index in [-0.39, 0.29) is 21.6 Å². The Morgan fingerprint density at radius 2 is 1.71 bits per heavy atom. The van der Waals surface area contributed by atoms with Gasteiger partial charge in [0.15, 0.2) is 0 Å². The van der Waals surface area contributed by atoms with Crippen LogP contribution in [-0.2, 0) is 14.9 Å². The molecule has 0 saturated heterocycles. The Labute approximate surface area is 127 Å². The van der Waals surface area contributed by atoms with Crippen molar-refractivity contribution in [3.8, 4) is 5.75 Å². The summed E-state index contributed by atoms with van der Waals surface area (Å²) >= 11 is 5.85. The van der Waals surface area contributed by atoms with Gasteiger partial charge in [0, 0.05) is 12.6 Å². The van der Waals surface area contributed by atoms with Crippen molar-refractivity contribution in [1.82, 2.24) is 0 Å². The van der Waals surface area contributed by atoms with Crippen LogP contribution >= 0.6 is 11.6 Å². The number of benzene rings is 2. The first-order valence-electron chi connectivity index (χ1n) is 5.95. The van der Waals surface area contributed by atoms with Crippen LogP contribution in [0, 0.1) is 0 Å². The molecule has 0 radical (unpaired) electrons. The molecule has 0 heterocycles. The van der Waals surface area contributed by atoms with Gasteiger partial charge in [-0.15, -0.1) is 0 Å². The minimum absolute atomic E-state index is 0.0902. The maximum Gasteiger partial charge on any atom is 0.340 e. The minimum atomic E-state index is -4.00. The van der Waals surface area contributed by atoms with Gasteiger partial charge in [-0.25, -0.2) is 0 Å². The number of rotatable bonds is 4. The van der Waals surface area contributed by atoms with Crippen LogP contribution in [0.2, 0.25) is 5.02 Å². The smallest absolute Gasteiger partial charge is 0.340 e. The van der Waals surface area contributed by atoms with Gasteiger partial charge in [0.05, 0.1) is 5.02 Å². The first kappa shape index (κ1) is 15.3. The highest BCUT2D eigenvalue weighted by Crippen LogP contribution is 2.25. The molecule has 1 amide bonds. The molecule has 0 aliphatic carbocycles. The summed E-state index contributed by atoms with van der Waals surface area (Å²) in [5, 5.41) is 2.66. The molecular weight excluding hydrogens is 314 g/mol. The molecule has 0 atom stereocenters. The maximum absolute atomic E-state index is 12.1. The third kappa shape index (κ3) is 3.96. The second-order valence-corrected chi connectivity index (χ2v) is 6.10. The molecule has 0 unspecified atom stereocenters. The SMILES string of the molecule is CC(=O)Nc1ccc(OS(=O)(=O)c2ccccc2Cl)cc1. The highest BCUT2D eigenvalue weighted by atomic mass is 35.5. The molecule has 0 aromatic heterocycles. The van der Waals surface area contributed by atoms with Crippen molar-refractivity contribution in [2.24, 2.45) is 0 Å². The molecule has 2 aromatic carbocycles. The molecule has 0 aliphatic rings. The highest BCUT2D eigenvalue weighted by molar-refractivity contribution is 7.87. The lowest BCUT2D eigenvalue weighted by Gasteiger charge is -2.09. The monoisotopic (exact) mass is 325 g/mol. The fourth-order valence-electron chi connectivity index (χ4n) is 1.62. The molecule has 2 aromatic rings. The maximum atomic E-state index is 12.1. The fourth-order valence-corrected chi connectivity index (χ4v) is 3.04. The molecule has 5 nitrogen and oxygen atoms in total. The molecular formula is C14H12ClNO4S. The van der Waals surface area contributed by atoms with E-state index in [0.29, 0.717) is 5.69 Å². The zero-order chi connectivity index (χ0) is 15.5. The average Bonchev–Trinajstić information content (AvgIpc) is 2.40. The first-order valence-corrected chi connectivity index (χ1v) is 7.74. The molecule has 0 bridgehead atoms. The first-order chi connectivity index (χ1) is 9.88. The molecule has 0 fully saturated rings. The topological polar surface area (TPSA) is 72.5 Å². The lowest BCUT2D eigenvalue weighted by molar-refractivity contribution is -0.114. The van der Waals surface area contributed by atoms with Crippen molar-refractivity contribution in [3.05, 3.63) is 53.6 Å². The van der Waals surface area contributed by atoms with Gasteiger partial charge >= 0.3 is 10.1 Å². The van der Waals surface area contributed by atoms with Crippen molar-refractivity contribution in [3.63, 3.8) is 0 Å². The summed E-state index contributed by atoms with van der Waals surface area (Å²) in [4.78, 5) is 10.8. The normalized spacial score (nSPS) is 11.0. The van der Waals surface area contributed by atoms with Crippen LogP contribution in [0.1, 0.15) is 6.92 Å². The molecule has 0 aliphatic heterocycles. The Morgan fingerprint density at radius 3 is 2.29 bits per heavy atom. The fraction of sp³-hybridized carbons (Fsp3) is 0.0714. The number of hydrogen-bond acceptors (Lipinski definition) is 4. The second-order valence-electron chi connectivity index (χ2n) is 4.17. The van der Waals surface area contributed by atoms with Gasteiger partial charge in [0.2, 0.25) is 5.91 Å². The summed E-state index contributed by atoms with van der Waals surface area (Å²) < 4.78 is 29.2. The number of amides is 1. The van der Waals surface area contributed by atoms with E-state index < -0.39 is 10.1 Å². The predicted octanol–water partition coefficient (Wildman–Crippen LogP) is 3.07. The van der Waals surface area contributed by atoms with E-state index in [1.54, 1.807) is 24.3 Å². The quantitative estimate of drug-likeness (QED) is 0.877. The van der Waals surface area contributed by atoms with Gasteiger partial charge in [0.1, 0.15) is 10.6 Å². The average molecular weight is 326 g/mol. The standard InChI is InChI=1S/C14H12ClNO4S/c1-10(17)16-11-6-8-12(9-7-11)20-21(18,19)14-5-3-2-4-13(14)15/h2-9H,1H3,(H,16,17). The lowest BCUT2D eigenvalue weighted by Crippen LogP contribution is -2.10. The van der Waals surface area contributed by atoms with Gasteiger partial charge in [-0.05, 0) is 36.4 Å². The van der Waals surface area contributed by atoms with E-state index >= 15 is 0 Å². The highest BCUT2D eigenvalue weighted by Gasteiger charge is 2.19. The van der Waals surface area contributed by atoms with Crippen molar-refractivity contribution in [2.75, 3.05) is 5.32 Å². The number of halogens is 1. The summed E-state index contributed by atoms with van der Waals surface area (Å²) in [6.07, 6.45) is 0. The third-order valence-electron chi connectivity index (χ3n) is 2.49. The van der Waals surface area contributed by atoms with E-state index in [4.69, 9.17) is 15.8 Å². The molecule has 110 valence electrons. The zero-order valence-electron chi connectivity index (χ0n) is 11.0. The van der Waals surface area contributed by atoms with E-state index in [9.17, 15) is 13.2 Å². The number of carbonyl (C=O) groups excluding carboxylic acids is 1. The Bertz CT molecular complexity index is 757. The van der Waals surface area contributed by atoms with Gasteiger partial charge in [-0.2, -0.15) is 8.42 Å². The van der Waals surface area contributed by atoms with Crippen LogP contribution in [0.25, 0.3) is 0 Å². The van der Waals surface area contributed by atoms with Gasteiger partial charge in [0.25, 0.3) is 0 Å². The van der Waals surface area contributed by atoms with Crippen molar-refractivity contribution in [1.29, 1.82) is 0 Å². The lowest BCUT2D eigenvalue weighted by atomic mass is 10.3. The zero-order valence-corrected chi connectivity index (χ0v) is 12.6. The summed E-state index contributed by atoms with van der Waals surface area (Å²) in [6.45, 7) is 1.38. The molecule has 2 rings (SSSR count). The third-order valence-corrected chi connectivity index (χ3v) is 4.23. The number of nitrogens with one attached hydrogen (secondary N) is 1. The summed E-state index contributed by atoms with van der Waals surface area (Å²) in [7, 11) is -4.00. The van der Waals surface area contributed by atoms with E-state index in [0.717, 1.165) is 0 Å². The summed E-state index contributed by atoms with van der Waals surface area (Å²) in [5.74, 6) is -0.0867.